The normalized spacial score (nSPS) is 19.0. The Bertz CT molecular complexity index is 680. The maximum absolute atomic E-state index is 11.8. The summed E-state index contributed by atoms with van der Waals surface area (Å²) in [5.41, 5.74) is 2.49. The third-order valence-electron chi connectivity index (χ3n) is 4.73. The summed E-state index contributed by atoms with van der Waals surface area (Å²) in [6.45, 7) is 9.22. The van der Waals surface area contributed by atoms with Crippen molar-refractivity contribution < 1.29 is 4.79 Å². The van der Waals surface area contributed by atoms with Crippen LogP contribution in [-0.2, 0) is 11.3 Å². The monoisotopic (exact) mass is 326 g/mol. The van der Waals surface area contributed by atoms with Gasteiger partial charge in [-0.05, 0) is 25.5 Å². The molecule has 0 spiro atoms. The van der Waals surface area contributed by atoms with Crippen LogP contribution < -0.4 is 0 Å². The molecular weight excluding hydrogens is 300 g/mol. The molecule has 3 rings (SSSR count). The Labute approximate surface area is 143 Å². The van der Waals surface area contributed by atoms with Crippen molar-refractivity contribution in [3.63, 3.8) is 0 Å². The van der Waals surface area contributed by atoms with Crippen molar-refractivity contribution in [2.24, 2.45) is 0 Å². The first kappa shape index (κ1) is 16.7. The SMILES string of the molecule is CC(=O)N1CCN(Cc2ccnn2C(C)C)[C@@H](c2ccccc2)C1. The molecule has 1 aliphatic rings. The fourth-order valence-electron chi connectivity index (χ4n) is 3.43. The van der Waals surface area contributed by atoms with Crippen molar-refractivity contribution in [2.45, 2.75) is 39.4 Å². The van der Waals surface area contributed by atoms with Gasteiger partial charge in [0.05, 0.1) is 11.7 Å². The third kappa shape index (κ3) is 3.51. The van der Waals surface area contributed by atoms with Crippen LogP contribution in [0.2, 0.25) is 0 Å². The minimum absolute atomic E-state index is 0.155. The minimum Gasteiger partial charge on any atom is -0.340 e. The van der Waals surface area contributed by atoms with E-state index in [9.17, 15) is 4.79 Å². The van der Waals surface area contributed by atoms with Crippen LogP contribution in [0.4, 0.5) is 0 Å². The molecule has 5 nitrogen and oxygen atoms in total. The largest absolute Gasteiger partial charge is 0.340 e. The van der Waals surface area contributed by atoms with Gasteiger partial charge in [-0.2, -0.15) is 5.10 Å². The van der Waals surface area contributed by atoms with Crippen molar-refractivity contribution >= 4 is 5.91 Å². The number of aromatic nitrogens is 2. The molecule has 1 aromatic carbocycles. The molecule has 0 aliphatic carbocycles. The number of carbonyl (C=O) groups is 1. The van der Waals surface area contributed by atoms with E-state index in [1.54, 1.807) is 6.92 Å². The molecule has 1 amide bonds. The Morgan fingerprint density at radius 2 is 1.96 bits per heavy atom. The van der Waals surface area contributed by atoms with Gasteiger partial charge in [0.25, 0.3) is 0 Å². The summed E-state index contributed by atoms with van der Waals surface area (Å²) in [7, 11) is 0. The quantitative estimate of drug-likeness (QED) is 0.867. The average Bonchev–Trinajstić information content (AvgIpc) is 3.04. The maximum atomic E-state index is 11.8. The predicted molar refractivity (Wildman–Crippen MR) is 94.5 cm³/mol. The van der Waals surface area contributed by atoms with E-state index < -0.39 is 0 Å². The molecule has 2 heterocycles. The van der Waals surface area contributed by atoms with Crippen LogP contribution >= 0.6 is 0 Å². The third-order valence-corrected chi connectivity index (χ3v) is 4.73. The topological polar surface area (TPSA) is 41.4 Å². The first-order chi connectivity index (χ1) is 11.6. The second-order valence-corrected chi connectivity index (χ2v) is 6.72. The number of nitrogens with zero attached hydrogens (tertiary/aromatic N) is 4. The van der Waals surface area contributed by atoms with E-state index in [0.29, 0.717) is 6.04 Å². The van der Waals surface area contributed by atoms with Crippen molar-refractivity contribution in [1.82, 2.24) is 19.6 Å². The van der Waals surface area contributed by atoms with Gasteiger partial charge < -0.3 is 4.90 Å². The Morgan fingerprint density at radius 1 is 1.21 bits per heavy atom. The molecule has 128 valence electrons. The summed E-state index contributed by atoms with van der Waals surface area (Å²) >= 11 is 0. The zero-order valence-electron chi connectivity index (χ0n) is 14.7. The predicted octanol–water partition coefficient (Wildman–Crippen LogP) is 2.87. The number of amides is 1. The van der Waals surface area contributed by atoms with E-state index in [2.05, 4.69) is 58.9 Å². The van der Waals surface area contributed by atoms with Gasteiger partial charge in [-0.15, -0.1) is 0 Å². The molecule has 0 N–H and O–H groups in total. The number of rotatable bonds is 4. The maximum Gasteiger partial charge on any atom is 0.219 e. The highest BCUT2D eigenvalue weighted by atomic mass is 16.2. The van der Waals surface area contributed by atoms with E-state index >= 15 is 0 Å². The molecule has 5 heteroatoms. The van der Waals surface area contributed by atoms with Crippen LogP contribution in [0.3, 0.4) is 0 Å². The Morgan fingerprint density at radius 3 is 2.62 bits per heavy atom. The lowest BCUT2D eigenvalue weighted by Gasteiger charge is -2.41. The van der Waals surface area contributed by atoms with Gasteiger partial charge in [-0.3, -0.25) is 14.4 Å². The van der Waals surface area contributed by atoms with Gasteiger partial charge in [0.15, 0.2) is 0 Å². The lowest BCUT2D eigenvalue weighted by atomic mass is 10.0. The molecule has 2 aromatic rings. The van der Waals surface area contributed by atoms with Crippen molar-refractivity contribution in [3.05, 3.63) is 53.9 Å². The van der Waals surface area contributed by atoms with Crippen molar-refractivity contribution in [2.75, 3.05) is 19.6 Å². The van der Waals surface area contributed by atoms with Crippen LogP contribution in [0.25, 0.3) is 0 Å². The Kier molecular flexibility index (Phi) is 5.00. The highest BCUT2D eigenvalue weighted by Gasteiger charge is 2.30. The molecule has 1 aromatic heterocycles. The molecule has 0 radical (unpaired) electrons. The number of hydrogen-bond donors (Lipinski definition) is 0. The minimum atomic E-state index is 0.155. The van der Waals surface area contributed by atoms with Crippen LogP contribution in [0, 0.1) is 0 Å². The standard InChI is InChI=1S/C19H26N4O/c1-15(2)23-18(9-10-20-23)13-22-12-11-21(16(3)24)14-19(22)17-7-5-4-6-8-17/h4-10,15,19H,11-14H2,1-3H3/t19-/m1/s1. The zero-order chi connectivity index (χ0) is 17.1. The van der Waals surface area contributed by atoms with Gasteiger partial charge in [0.2, 0.25) is 5.91 Å². The molecule has 1 saturated heterocycles. The number of hydrogen-bond acceptors (Lipinski definition) is 3. The van der Waals surface area contributed by atoms with E-state index in [-0.39, 0.29) is 11.9 Å². The second-order valence-electron chi connectivity index (χ2n) is 6.72. The number of benzene rings is 1. The molecular formula is C19H26N4O. The van der Waals surface area contributed by atoms with Crippen LogP contribution in [0.1, 0.15) is 44.1 Å². The summed E-state index contributed by atoms with van der Waals surface area (Å²) in [6.07, 6.45) is 1.87. The molecule has 24 heavy (non-hydrogen) atoms. The molecule has 1 atom stereocenters. The van der Waals surface area contributed by atoms with Crippen LogP contribution in [0.15, 0.2) is 42.6 Å². The second kappa shape index (κ2) is 7.18. The summed E-state index contributed by atoms with van der Waals surface area (Å²) in [6, 6.07) is 13.1. The molecule has 0 bridgehead atoms. The Hall–Kier alpha value is -2.14. The molecule has 1 aliphatic heterocycles. The highest BCUT2D eigenvalue weighted by Crippen LogP contribution is 2.27. The fourth-order valence-corrected chi connectivity index (χ4v) is 3.43. The summed E-state index contributed by atoms with van der Waals surface area (Å²) in [5.74, 6) is 0.155. The molecule has 0 saturated carbocycles. The first-order valence-electron chi connectivity index (χ1n) is 8.63. The van der Waals surface area contributed by atoms with Gasteiger partial charge in [0.1, 0.15) is 0 Å². The Balaban J connectivity index is 1.84. The zero-order valence-corrected chi connectivity index (χ0v) is 14.7. The van der Waals surface area contributed by atoms with Crippen LogP contribution in [0.5, 0.6) is 0 Å². The van der Waals surface area contributed by atoms with Crippen LogP contribution in [-0.4, -0.2) is 45.1 Å². The van der Waals surface area contributed by atoms with E-state index in [4.69, 9.17) is 0 Å². The lowest BCUT2D eigenvalue weighted by molar-refractivity contribution is -0.132. The van der Waals surface area contributed by atoms with Gasteiger partial charge >= 0.3 is 0 Å². The first-order valence-corrected chi connectivity index (χ1v) is 8.63. The number of carbonyl (C=O) groups excluding carboxylic acids is 1. The van der Waals surface area contributed by atoms with E-state index in [1.807, 2.05) is 17.2 Å². The van der Waals surface area contributed by atoms with Crippen molar-refractivity contribution in [1.29, 1.82) is 0 Å². The smallest absolute Gasteiger partial charge is 0.219 e. The highest BCUT2D eigenvalue weighted by molar-refractivity contribution is 5.73. The lowest BCUT2D eigenvalue weighted by Crippen LogP contribution is -2.49. The fraction of sp³-hybridized carbons (Fsp3) is 0.474. The summed E-state index contributed by atoms with van der Waals surface area (Å²) < 4.78 is 2.08. The summed E-state index contributed by atoms with van der Waals surface area (Å²) in [4.78, 5) is 16.3. The number of piperazine rings is 1. The van der Waals surface area contributed by atoms with E-state index in [1.165, 1.54) is 11.3 Å². The van der Waals surface area contributed by atoms with E-state index in [0.717, 1.165) is 26.2 Å². The van der Waals surface area contributed by atoms with Gasteiger partial charge in [0, 0.05) is 45.3 Å². The molecule has 1 fully saturated rings. The molecule has 0 unspecified atom stereocenters. The summed E-state index contributed by atoms with van der Waals surface area (Å²) in [5, 5.41) is 4.45. The van der Waals surface area contributed by atoms with Gasteiger partial charge in [-0.25, -0.2) is 0 Å². The van der Waals surface area contributed by atoms with Gasteiger partial charge in [-0.1, -0.05) is 30.3 Å². The average molecular weight is 326 g/mol. The van der Waals surface area contributed by atoms with Crippen molar-refractivity contribution in [3.8, 4) is 0 Å².